The second kappa shape index (κ2) is 9.49. The van der Waals surface area contributed by atoms with Crippen LogP contribution in [-0.4, -0.2) is 0 Å². The van der Waals surface area contributed by atoms with E-state index in [1.165, 1.54) is 65.0 Å². The Morgan fingerprint density at radius 2 is 0.640 bits per heavy atom. The van der Waals surface area contributed by atoms with Crippen molar-refractivity contribution < 1.29 is 8.83 Å². The van der Waals surface area contributed by atoms with E-state index in [-0.39, 0.29) is 0 Å². The molecule has 0 atom stereocenters. The fraction of sp³-hybridized carbons (Fsp3) is 0. The number of rotatable bonds is 2. The third-order valence-electron chi connectivity index (χ3n) is 11.0. The summed E-state index contributed by atoms with van der Waals surface area (Å²) in [6, 6.07) is 57.3. The van der Waals surface area contributed by atoms with Gasteiger partial charge in [-0.2, -0.15) is 0 Å². The largest absolute Gasteiger partial charge is 0.456 e. The number of hydrogen-bond acceptors (Lipinski definition) is 2. The van der Waals surface area contributed by atoms with Crippen LogP contribution in [0.3, 0.4) is 0 Å². The van der Waals surface area contributed by atoms with Gasteiger partial charge in [0.2, 0.25) is 0 Å². The van der Waals surface area contributed by atoms with Crippen LogP contribution < -0.4 is 0 Å². The molecule has 0 aliphatic rings. The van der Waals surface area contributed by atoms with E-state index in [9.17, 15) is 0 Å². The summed E-state index contributed by atoms with van der Waals surface area (Å²) in [5, 5.41) is 17.0. The quantitative estimate of drug-likeness (QED) is 0.177. The average molecular weight is 635 g/mol. The fourth-order valence-corrected chi connectivity index (χ4v) is 8.56. The molecule has 0 unspecified atom stereocenters. The highest BCUT2D eigenvalue weighted by Crippen LogP contribution is 2.44. The molecule has 2 heterocycles. The van der Waals surface area contributed by atoms with Crippen molar-refractivity contribution in [2.45, 2.75) is 0 Å². The van der Waals surface area contributed by atoms with Crippen molar-refractivity contribution in [2.24, 2.45) is 0 Å². The lowest BCUT2D eigenvalue weighted by Crippen LogP contribution is -1.89. The maximum absolute atomic E-state index is 6.47. The van der Waals surface area contributed by atoms with Crippen molar-refractivity contribution in [1.82, 2.24) is 0 Å². The van der Waals surface area contributed by atoms with E-state index in [2.05, 4.69) is 158 Å². The minimum Gasteiger partial charge on any atom is -0.456 e. The summed E-state index contributed by atoms with van der Waals surface area (Å²) in [6.45, 7) is 0. The Labute approximate surface area is 285 Å². The van der Waals surface area contributed by atoms with Crippen LogP contribution in [-0.2, 0) is 0 Å². The molecule has 50 heavy (non-hydrogen) atoms. The third-order valence-corrected chi connectivity index (χ3v) is 11.0. The van der Waals surface area contributed by atoms with Crippen molar-refractivity contribution in [3.05, 3.63) is 158 Å². The van der Waals surface area contributed by atoms with Gasteiger partial charge in [0.25, 0.3) is 0 Å². The van der Waals surface area contributed by atoms with Crippen LogP contribution in [0.25, 0.3) is 120 Å². The van der Waals surface area contributed by atoms with Crippen molar-refractivity contribution in [3.8, 4) is 22.3 Å². The van der Waals surface area contributed by atoms with Gasteiger partial charge in [-0.25, -0.2) is 0 Å². The molecule has 2 heteroatoms. The summed E-state index contributed by atoms with van der Waals surface area (Å²) in [5.74, 6) is 0. The summed E-state index contributed by atoms with van der Waals surface area (Å²) in [4.78, 5) is 0. The first-order valence-electron chi connectivity index (χ1n) is 17.1. The molecule has 0 saturated heterocycles. The molecule has 0 amide bonds. The van der Waals surface area contributed by atoms with E-state index in [0.717, 1.165) is 55.0 Å². The number of fused-ring (bicyclic) bond motifs is 8. The fourth-order valence-electron chi connectivity index (χ4n) is 8.56. The third kappa shape index (κ3) is 3.57. The first-order chi connectivity index (χ1) is 24.7. The number of furan rings is 2. The van der Waals surface area contributed by atoms with Crippen LogP contribution >= 0.6 is 0 Å². The Morgan fingerprint density at radius 1 is 0.260 bits per heavy atom. The van der Waals surface area contributed by atoms with E-state index in [0.29, 0.717) is 0 Å². The lowest BCUT2D eigenvalue weighted by Gasteiger charge is -2.16. The summed E-state index contributed by atoms with van der Waals surface area (Å²) in [7, 11) is 0. The van der Waals surface area contributed by atoms with Gasteiger partial charge in [-0.05, 0) is 125 Å². The van der Waals surface area contributed by atoms with Gasteiger partial charge in [-0.15, -0.1) is 0 Å². The van der Waals surface area contributed by atoms with Gasteiger partial charge < -0.3 is 8.83 Å². The minimum absolute atomic E-state index is 0.912. The van der Waals surface area contributed by atoms with Gasteiger partial charge in [0.05, 0.1) is 0 Å². The second-order valence-electron chi connectivity index (χ2n) is 13.7. The van der Waals surface area contributed by atoms with Crippen molar-refractivity contribution in [1.29, 1.82) is 0 Å². The molecule has 12 rings (SSSR count). The Hall–Kier alpha value is -6.64. The number of benzene rings is 10. The van der Waals surface area contributed by atoms with Crippen molar-refractivity contribution in [3.63, 3.8) is 0 Å². The van der Waals surface area contributed by atoms with Gasteiger partial charge in [-0.3, -0.25) is 0 Å². The monoisotopic (exact) mass is 634 g/mol. The molecule has 0 aliphatic carbocycles. The van der Waals surface area contributed by atoms with E-state index >= 15 is 0 Å². The van der Waals surface area contributed by atoms with E-state index in [4.69, 9.17) is 8.83 Å². The number of hydrogen-bond donors (Lipinski definition) is 0. The Balaban J connectivity index is 1.04. The molecule has 10 aromatic carbocycles. The summed E-state index contributed by atoms with van der Waals surface area (Å²) in [5.41, 5.74) is 8.40. The van der Waals surface area contributed by atoms with Crippen LogP contribution in [0, 0.1) is 0 Å². The molecule has 0 fully saturated rings. The van der Waals surface area contributed by atoms with Gasteiger partial charge in [0.15, 0.2) is 0 Å². The molecular weight excluding hydrogens is 609 g/mol. The van der Waals surface area contributed by atoms with Crippen LogP contribution in [0.15, 0.2) is 167 Å². The molecule has 2 nitrogen and oxygen atoms in total. The van der Waals surface area contributed by atoms with Gasteiger partial charge >= 0.3 is 0 Å². The van der Waals surface area contributed by atoms with Crippen LogP contribution in [0.4, 0.5) is 0 Å². The molecule has 0 spiro atoms. The van der Waals surface area contributed by atoms with E-state index in [1.54, 1.807) is 0 Å². The first kappa shape index (κ1) is 26.3. The highest BCUT2D eigenvalue weighted by Gasteiger charge is 2.17. The highest BCUT2D eigenvalue weighted by atomic mass is 16.3. The first-order valence-corrected chi connectivity index (χ1v) is 17.1. The van der Waals surface area contributed by atoms with Crippen LogP contribution in [0.5, 0.6) is 0 Å². The maximum atomic E-state index is 6.47. The molecule has 0 bridgehead atoms. The summed E-state index contributed by atoms with van der Waals surface area (Å²) in [6.07, 6.45) is 0. The van der Waals surface area contributed by atoms with Crippen molar-refractivity contribution >= 4 is 97.7 Å². The summed E-state index contributed by atoms with van der Waals surface area (Å²) >= 11 is 0. The zero-order valence-electron chi connectivity index (χ0n) is 26.8. The Morgan fingerprint density at radius 3 is 1.10 bits per heavy atom. The van der Waals surface area contributed by atoms with Gasteiger partial charge in [-0.1, -0.05) is 109 Å². The molecule has 12 aromatic rings. The molecule has 0 aliphatic heterocycles. The Bertz CT molecular complexity index is 3150. The lowest BCUT2D eigenvalue weighted by atomic mass is 9.87. The van der Waals surface area contributed by atoms with E-state index in [1.807, 2.05) is 0 Å². The molecule has 0 radical (unpaired) electrons. The second-order valence-corrected chi connectivity index (χ2v) is 13.7. The molecule has 0 saturated carbocycles. The minimum atomic E-state index is 0.912. The van der Waals surface area contributed by atoms with Crippen LogP contribution in [0.1, 0.15) is 0 Å². The molecule has 230 valence electrons. The maximum Gasteiger partial charge on any atom is 0.136 e. The zero-order chi connectivity index (χ0) is 32.5. The van der Waals surface area contributed by atoms with E-state index < -0.39 is 0 Å². The van der Waals surface area contributed by atoms with Gasteiger partial charge in [0.1, 0.15) is 22.3 Å². The van der Waals surface area contributed by atoms with Crippen molar-refractivity contribution in [2.75, 3.05) is 0 Å². The Kier molecular flexibility index (Phi) is 5.00. The normalized spacial score (nSPS) is 12.4. The smallest absolute Gasteiger partial charge is 0.136 e. The SMILES string of the molecule is c1ccc2cc3c(cc2c1)oc1cc(-c2ccc4ccc5c(-c6ccc7c(c6)oc6cc8ccccc8cc67)ccc6ccc2c4c65)ccc13. The zero-order valence-corrected chi connectivity index (χ0v) is 26.8. The van der Waals surface area contributed by atoms with Crippen LogP contribution in [0.2, 0.25) is 0 Å². The lowest BCUT2D eigenvalue weighted by molar-refractivity contribution is 0.669. The van der Waals surface area contributed by atoms with Gasteiger partial charge in [0, 0.05) is 21.5 Å². The predicted molar refractivity (Wildman–Crippen MR) is 211 cm³/mol. The highest BCUT2D eigenvalue weighted by molar-refractivity contribution is 6.28. The average Bonchev–Trinajstić information content (AvgIpc) is 3.70. The predicted octanol–water partition coefficient (Wildman–Crippen LogP) is 14.0. The standard InChI is InChI=1S/C48H26O2/c1-3-7-31-23-45-41(21-29(31)5-1)37-17-13-33(25-43(37)49-45)35-15-9-27-12-20-40-36(16-10-28-11-19-39(35)47(27)48(28)40)34-14-18-38-42-22-30-6-2-4-8-32(30)24-46(42)50-44(38)26-34/h1-26H. The molecule has 2 aromatic heterocycles. The molecular formula is C48H26O2. The topological polar surface area (TPSA) is 26.3 Å². The molecule has 0 N–H and O–H groups in total. The summed E-state index contributed by atoms with van der Waals surface area (Å²) < 4.78 is 12.9.